The lowest BCUT2D eigenvalue weighted by Crippen LogP contribution is -2.34. The SMILES string of the molecule is CC(O)CCC(=O)NCC(C)(C)CCO. The normalized spacial score (nSPS) is 13.7. The molecule has 1 unspecified atom stereocenters. The highest BCUT2D eigenvalue weighted by molar-refractivity contribution is 5.75. The second kappa shape index (κ2) is 6.80. The second-order valence-electron chi connectivity index (χ2n) is 4.80. The van der Waals surface area contributed by atoms with Gasteiger partial charge in [-0.2, -0.15) is 0 Å². The lowest BCUT2D eigenvalue weighted by molar-refractivity contribution is -0.122. The summed E-state index contributed by atoms with van der Waals surface area (Å²) in [7, 11) is 0. The van der Waals surface area contributed by atoms with Gasteiger partial charge in [-0.1, -0.05) is 13.8 Å². The van der Waals surface area contributed by atoms with Crippen molar-refractivity contribution < 1.29 is 15.0 Å². The van der Waals surface area contributed by atoms with Crippen LogP contribution in [0.1, 0.15) is 40.0 Å². The van der Waals surface area contributed by atoms with E-state index in [-0.39, 0.29) is 17.9 Å². The number of hydrogen-bond acceptors (Lipinski definition) is 3. The molecule has 15 heavy (non-hydrogen) atoms. The van der Waals surface area contributed by atoms with Gasteiger partial charge in [-0.25, -0.2) is 0 Å². The Kier molecular flexibility index (Phi) is 6.52. The van der Waals surface area contributed by atoms with E-state index in [0.717, 1.165) is 0 Å². The molecule has 0 saturated carbocycles. The number of nitrogens with one attached hydrogen (secondary N) is 1. The Bertz CT molecular complexity index is 190. The van der Waals surface area contributed by atoms with E-state index in [9.17, 15) is 4.79 Å². The predicted molar refractivity (Wildman–Crippen MR) is 59.4 cm³/mol. The summed E-state index contributed by atoms with van der Waals surface area (Å²) < 4.78 is 0. The summed E-state index contributed by atoms with van der Waals surface area (Å²) in [5.74, 6) is -0.0399. The number of carbonyl (C=O) groups is 1. The molecule has 0 saturated heterocycles. The van der Waals surface area contributed by atoms with Gasteiger partial charge in [-0.05, 0) is 25.2 Å². The quantitative estimate of drug-likeness (QED) is 0.587. The van der Waals surface area contributed by atoms with Crippen LogP contribution in [0.2, 0.25) is 0 Å². The van der Waals surface area contributed by atoms with Gasteiger partial charge in [0.05, 0.1) is 6.10 Å². The maximum atomic E-state index is 11.3. The van der Waals surface area contributed by atoms with Crippen LogP contribution in [0.5, 0.6) is 0 Å². The zero-order chi connectivity index (χ0) is 11.9. The lowest BCUT2D eigenvalue weighted by Gasteiger charge is -2.23. The summed E-state index contributed by atoms with van der Waals surface area (Å²) in [4.78, 5) is 11.3. The number of aliphatic hydroxyl groups is 2. The summed E-state index contributed by atoms with van der Waals surface area (Å²) in [5, 5.41) is 20.6. The van der Waals surface area contributed by atoms with Gasteiger partial charge in [-0.15, -0.1) is 0 Å². The Balaban J connectivity index is 3.70. The highest BCUT2D eigenvalue weighted by Crippen LogP contribution is 2.17. The van der Waals surface area contributed by atoms with Crippen molar-refractivity contribution in [2.75, 3.05) is 13.2 Å². The van der Waals surface area contributed by atoms with Crippen LogP contribution in [0.15, 0.2) is 0 Å². The Morgan fingerprint density at radius 3 is 2.53 bits per heavy atom. The van der Waals surface area contributed by atoms with Gasteiger partial charge in [0.25, 0.3) is 0 Å². The molecular formula is C11H23NO3. The standard InChI is InChI=1S/C11H23NO3/c1-9(14)4-5-10(15)12-8-11(2,3)6-7-13/h9,13-14H,4-8H2,1-3H3,(H,12,15). The summed E-state index contributed by atoms with van der Waals surface area (Å²) in [6.07, 6.45) is 1.09. The molecule has 0 aromatic heterocycles. The van der Waals surface area contributed by atoms with Gasteiger partial charge in [0.1, 0.15) is 0 Å². The molecule has 0 aliphatic rings. The largest absolute Gasteiger partial charge is 0.396 e. The van der Waals surface area contributed by atoms with Gasteiger partial charge < -0.3 is 15.5 Å². The second-order valence-corrected chi connectivity index (χ2v) is 4.80. The lowest BCUT2D eigenvalue weighted by atomic mass is 9.90. The summed E-state index contributed by atoms with van der Waals surface area (Å²) >= 11 is 0. The van der Waals surface area contributed by atoms with Gasteiger partial charge in [0.15, 0.2) is 0 Å². The highest BCUT2D eigenvalue weighted by Gasteiger charge is 2.17. The average Bonchev–Trinajstić information content (AvgIpc) is 2.11. The molecule has 4 nitrogen and oxygen atoms in total. The third-order valence-electron chi connectivity index (χ3n) is 2.34. The van der Waals surface area contributed by atoms with E-state index in [0.29, 0.717) is 25.8 Å². The van der Waals surface area contributed by atoms with E-state index in [1.165, 1.54) is 0 Å². The van der Waals surface area contributed by atoms with E-state index in [1.54, 1.807) is 6.92 Å². The molecule has 0 aliphatic carbocycles. The molecule has 0 rings (SSSR count). The zero-order valence-corrected chi connectivity index (χ0v) is 9.92. The van der Waals surface area contributed by atoms with Crippen molar-refractivity contribution >= 4 is 5.91 Å². The number of hydrogen-bond donors (Lipinski definition) is 3. The van der Waals surface area contributed by atoms with E-state index < -0.39 is 6.10 Å². The summed E-state index contributed by atoms with van der Waals surface area (Å²) in [6, 6.07) is 0. The molecule has 3 N–H and O–H groups in total. The molecule has 1 amide bonds. The third-order valence-corrected chi connectivity index (χ3v) is 2.34. The Hall–Kier alpha value is -0.610. The fourth-order valence-corrected chi connectivity index (χ4v) is 1.16. The van der Waals surface area contributed by atoms with Crippen molar-refractivity contribution in [3.8, 4) is 0 Å². The minimum absolute atomic E-state index is 0.0399. The molecule has 0 aliphatic heterocycles. The van der Waals surface area contributed by atoms with Crippen LogP contribution in [0, 0.1) is 5.41 Å². The van der Waals surface area contributed by atoms with Crippen molar-refractivity contribution in [2.45, 2.75) is 46.1 Å². The zero-order valence-electron chi connectivity index (χ0n) is 9.92. The molecule has 4 heteroatoms. The fourth-order valence-electron chi connectivity index (χ4n) is 1.16. The van der Waals surface area contributed by atoms with Gasteiger partial charge in [0.2, 0.25) is 5.91 Å². The van der Waals surface area contributed by atoms with Crippen LogP contribution in [-0.2, 0) is 4.79 Å². The Morgan fingerprint density at radius 2 is 2.07 bits per heavy atom. The first kappa shape index (κ1) is 14.4. The molecule has 0 bridgehead atoms. The van der Waals surface area contributed by atoms with Crippen LogP contribution in [-0.4, -0.2) is 35.4 Å². The maximum absolute atomic E-state index is 11.3. The number of rotatable bonds is 7. The Labute approximate surface area is 91.7 Å². The predicted octanol–water partition coefficient (Wildman–Crippen LogP) is 0.672. The molecule has 90 valence electrons. The van der Waals surface area contributed by atoms with Crippen LogP contribution >= 0.6 is 0 Å². The minimum atomic E-state index is -0.429. The number of carbonyl (C=O) groups excluding carboxylic acids is 1. The topological polar surface area (TPSA) is 69.6 Å². The van der Waals surface area contributed by atoms with E-state index in [1.807, 2.05) is 13.8 Å². The highest BCUT2D eigenvalue weighted by atomic mass is 16.3. The molecular weight excluding hydrogens is 194 g/mol. The summed E-state index contributed by atoms with van der Waals surface area (Å²) in [5.41, 5.74) is -0.0742. The number of aliphatic hydroxyl groups excluding tert-OH is 2. The van der Waals surface area contributed by atoms with Crippen LogP contribution < -0.4 is 5.32 Å². The van der Waals surface area contributed by atoms with Crippen molar-refractivity contribution in [1.29, 1.82) is 0 Å². The van der Waals surface area contributed by atoms with Crippen LogP contribution in [0.4, 0.5) is 0 Å². The first-order valence-electron chi connectivity index (χ1n) is 5.43. The van der Waals surface area contributed by atoms with E-state index in [2.05, 4.69) is 5.32 Å². The van der Waals surface area contributed by atoms with Crippen LogP contribution in [0.3, 0.4) is 0 Å². The summed E-state index contributed by atoms with van der Waals surface area (Å²) in [6.45, 7) is 6.36. The maximum Gasteiger partial charge on any atom is 0.220 e. The average molecular weight is 217 g/mol. The minimum Gasteiger partial charge on any atom is -0.396 e. The van der Waals surface area contributed by atoms with Gasteiger partial charge in [0, 0.05) is 19.6 Å². The fraction of sp³-hybridized carbons (Fsp3) is 0.909. The van der Waals surface area contributed by atoms with Gasteiger partial charge in [-0.3, -0.25) is 4.79 Å². The molecule has 0 heterocycles. The molecule has 0 radical (unpaired) electrons. The van der Waals surface area contributed by atoms with Gasteiger partial charge >= 0.3 is 0 Å². The Morgan fingerprint density at radius 1 is 1.47 bits per heavy atom. The van der Waals surface area contributed by atoms with Crippen molar-refractivity contribution in [1.82, 2.24) is 5.32 Å². The van der Waals surface area contributed by atoms with E-state index in [4.69, 9.17) is 10.2 Å². The first-order valence-corrected chi connectivity index (χ1v) is 5.43. The molecule has 1 atom stereocenters. The molecule has 0 fully saturated rings. The number of amides is 1. The third kappa shape index (κ3) is 8.39. The van der Waals surface area contributed by atoms with Crippen molar-refractivity contribution in [2.24, 2.45) is 5.41 Å². The van der Waals surface area contributed by atoms with Crippen LogP contribution in [0.25, 0.3) is 0 Å². The molecule has 0 aromatic rings. The first-order chi connectivity index (χ1) is 6.87. The molecule has 0 aromatic carbocycles. The monoisotopic (exact) mass is 217 g/mol. The van der Waals surface area contributed by atoms with Crippen molar-refractivity contribution in [3.05, 3.63) is 0 Å². The molecule has 0 spiro atoms. The van der Waals surface area contributed by atoms with E-state index >= 15 is 0 Å². The smallest absolute Gasteiger partial charge is 0.220 e. The van der Waals surface area contributed by atoms with Crippen molar-refractivity contribution in [3.63, 3.8) is 0 Å².